The Balaban J connectivity index is 2.80. The summed E-state index contributed by atoms with van der Waals surface area (Å²) in [4.78, 5) is 11.8. The molecule has 2 heteroatoms. The third-order valence-electron chi connectivity index (χ3n) is 3.25. The zero-order chi connectivity index (χ0) is 13.4. The van der Waals surface area contributed by atoms with Gasteiger partial charge in [-0.05, 0) is 24.0 Å². The molecule has 0 saturated heterocycles. The largest absolute Gasteiger partial charge is 0.469 e. The molecule has 0 aliphatic rings. The van der Waals surface area contributed by atoms with Crippen LogP contribution >= 0.6 is 0 Å². The van der Waals surface area contributed by atoms with Gasteiger partial charge in [-0.2, -0.15) is 0 Å². The van der Waals surface area contributed by atoms with Crippen molar-refractivity contribution in [3.63, 3.8) is 0 Å². The predicted octanol–water partition coefficient (Wildman–Crippen LogP) is 4.09. The van der Waals surface area contributed by atoms with Crippen LogP contribution < -0.4 is 0 Å². The van der Waals surface area contributed by atoms with Crippen LogP contribution in [0.15, 0.2) is 24.3 Å². The molecule has 0 N–H and O–H groups in total. The number of aryl methyl sites for hydroxylation is 1. The summed E-state index contributed by atoms with van der Waals surface area (Å²) in [6, 6.07) is 8.39. The lowest BCUT2D eigenvalue weighted by molar-refractivity contribution is -0.142. The maximum absolute atomic E-state index is 11.8. The van der Waals surface area contributed by atoms with E-state index in [-0.39, 0.29) is 11.9 Å². The maximum atomic E-state index is 11.8. The molecule has 1 atom stereocenters. The van der Waals surface area contributed by atoms with Crippen molar-refractivity contribution in [1.82, 2.24) is 0 Å². The summed E-state index contributed by atoms with van der Waals surface area (Å²) in [7, 11) is 1.47. The highest BCUT2D eigenvalue weighted by molar-refractivity contribution is 5.78. The minimum absolute atomic E-state index is 0.106. The van der Waals surface area contributed by atoms with Crippen LogP contribution in [0.2, 0.25) is 0 Å². The van der Waals surface area contributed by atoms with Gasteiger partial charge in [0, 0.05) is 0 Å². The average molecular weight is 248 g/mol. The van der Waals surface area contributed by atoms with Gasteiger partial charge in [0.25, 0.3) is 0 Å². The third kappa shape index (κ3) is 4.17. The highest BCUT2D eigenvalue weighted by atomic mass is 16.5. The Bertz CT molecular complexity index is 354. The Hall–Kier alpha value is -1.31. The average Bonchev–Trinajstić information content (AvgIpc) is 2.41. The van der Waals surface area contributed by atoms with Crippen LogP contribution in [0.5, 0.6) is 0 Å². The van der Waals surface area contributed by atoms with Crippen molar-refractivity contribution >= 4 is 5.97 Å². The lowest BCUT2D eigenvalue weighted by Crippen LogP contribution is -2.14. The quantitative estimate of drug-likeness (QED) is 0.679. The number of carbonyl (C=O) groups excluding carboxylic acids is 1. The number of ether oxygens (including phenoxy) is 1. The lowest BCUT2D eigenvalue weighted by Gasteiger charge is -2.15. The second-order valence-electron chi connectivity index (χ2n) is 4.71. The van der Waals surface area contributed by atoms with Gasteiger partial charge in [0.15, 0.2) is 0 Å². The summed E-state index contributed by atoms with van der Waals surface area (Å²) in [5.74, 6) is -0.225. The first kappa shape index (κ1) is 14.7. The first-order valence-electron chi connectivity index (χ1n) is 6.89. The fraction of sp³-hybridized carbons (Fsp3) is 0.562. The highest BCUT2D eigenvalue weighted by Crippen LogP contribution is 2.24. The van der Waals surface area contributed by atoms with E-state index in [2.05, 4.69) is 38.1 Å². The fourth-order valence-corrected chi connectivity index (χ4v) is 2.18. The summed E-state index contributed by atoms with van der Waals surface area (Å²) in [6.45, 7) is 4.31. The fourth-order valence-electron chi connectivity index (χ4n) is 2.18. The molecule has 0 aliphatic heterocycles. The summed E-state index contributed by atoms with van der Waals surface area (Å²) >= 11 is 0. The van der Waals surface area contributed by atoms with Crippen LogP contribution in [0.4, 0.5) is 0 Å². The van der Waals surface area contributed by atoms with Gasteiger partial charge in [-0.25, -0.2) is 0 Å². The number of esters is 1. The number of hydrogen-bond donors (Lipinski definition) is 0. The van der Waals surface area contributed by atoms with Gasteiger partial charge >= 0.3 is 5.97 Å². The Morgan fingerprint density at radius 2 is 1.83 bits per heavy atom. The molecule has 0 spiro atoms. The van der Waals surface area contributed by atoms with E-state index in [1.54, 1.807) is 0 Å². The van der Waals surface area contributed by atoms with E-state index in [9.17, 15) is 4.79 Å². The van der Waals surface area contributed by atoms with E-state index in [0.717, 1.165) is 37.7 Å². The van der Waals surface area contributed by atoms with E-state index in [0.29, 0.717) is 0 Å². The Labute approximate surface area is 110 Å². The molecule has 0 heterocycles. The molecule has 0 aromatic heterocycles. The van der Waals surface area contributed by atoms with Crippen LogP contribution in [-0.2, 0) is 16.0 Å². The molecular formula is C16H24O2. The molecule has 0 amide bonds. The third-order valence-corrected chi connectivity index (χ3v) is 3.25. The molecule has 0 radical (unpaired) electrons. The van der Waals surface area contributed by atoms with Crippen LogP contribution in [0, 0.1) is 0 Å². The van der Waals surface area contributed by atoms with Crippen molar-refractivity contribution in [3.8, 4) is 0 Å². The number of methoxy groups -OCH3 is 1. The van der Waals surface area contributed by atoms with Crippen molar-refractivity contribution in [3.05, 3.63) is 35.4 Å². The van der Waals surface area contributed by atoms with Crippen LogP contribution in [-0.4, -0.2) is 13.1 Å². The van der Waals surface area contributed by atoms with Crippen LogP contribution in [0.25, 0.3) is 0 Å². The van der Waals surface area contributed by atoms with Gasteiger partial charge in [0.1, 0.15) is 0 Å². The molecule has 1 unspecified atom stereocenters. The lowest BCUT2D eigenvalue weighted by atomic mass is 9.92. The minimum Gasteiger partial charge on any atom is -0.469 e. The number of benzene rings is 1. The van der Waals surface area contributed by atoms with Crippen molar-refractivity contribution in [1.29, 1.82) is 0 Å². The van der Waals surface area contributed by atoms with Gasteiger partial charge in [0.05, 0.1) is 13.0 Å². The van der Waals surface area contributed by atoms with Crippen LogP contribution in [0.1, 0.15) is 56.6 Å². The molecular weight excluding hydrogens is 224 g/mol. The molecule has 1 aromatic rings. The summed E-state index contributed by atoms with van der Waals surface area (Å²) in [5.41, 5.74) is 2.41. The topological polar surface area (TPSA) is 26.3 Å². The SMILES string of the molecule is CCCCC(C(=O)OC)c1ccc(CCC)cc1. The Morgan fingerprint density at radius 3 is 2.33 bits per heavy atom. The molecule has 100 valence electrons. The first-order valence-corrected chi connectivity index (χ1v) is 6.89. The molecule has 1 rings (SSSR count). The van der Waals surface area contributed by atoms with Gasteiger partial charge < -0.3 is 4.74 Å². The Kier molecular flexibility index (Phi) is 6.48. The molecule has 2 nitrogen and oxygen atoms in total. The normalized spacial score (nSPS) is 12.2. The van der Waals surface area contributed by atoms with E-state index in [1.165, 1.54) is 12.7 Å². The number of rotatable bonds is 7. The second kappa shape index (κ2) is 7.91. The van der Waals surface area contributed by atoms with Gasteiger partial charge in [-0.1, -0.05) is 57.4 Å². The zero-order valence-electron chi connectivity index (χ0n) is 11.7. The maximum Gasteiger partial charge on any atom is 0.313 e. The number of hydrogen-bond acceptors (Lipinski definition) is 2. The van der Waals surface area contributed by atoms with Crippen molar-refractivity contribution in [2.75, 3.05) is 7.11 Å². The second-order valence-corrected chi connectivity index (χ2v) is 4.71. The van der Waals surface area contributed by atoms with E-state index >= 15 is 0 Å². The smallest absolute Gasteiger partial charge is 0.313 e. The minimum atomic E-state index is -0.119. The Morgan fingerprint density at radius 1 is 1.17 bits per heavy atom. The van der Waals surface area contributed by atoms with Gasteiger partial charge in [0.2, 0.25) is 0 Å². The van der Waals surface area contributed by atoms with Crippen molar-refractivity contribution in [2.24, 2.45) is 0 Å². The predicted molar refractivity (Wildman–Crippen MR) is 74.7 cm³/mol. The van der Waals surface area contributed by atoms with Crippen LogP contribution in [0.3, 0.4) is 0 Å². The standard InChI is InChI=1S/C16H24O2/c1-4-6-8-15(16(17)18-3)14-11-9-13(7-5-2)10-12-14/h9-12,15H,4-8H2,1-3H3. The molecule has 0 bridgehead atoms. The van der Waals surface area contributed by atoms with Gasteiger partial charge in [-0.15, -0.1) is 0 Å². The number of carbonyl (C=O) groups is 1. The van der Waals surface area contributed by atoms with Gasteiger partial charge in [-0.3, -0.25) is 4.79 Å². The van der Waals surface area contributed by atoms with E-state index in [1.807, 2.05) is 0 Å². The zero-order valence-corrected chi connectivity index (χ0v) is 11.7. The highest BCUT2D eigenvalue weighted by Gasteiger charge is 2.20. The van der Waals surface area contributed by atoms with E-state index < -0.39 is 0 Å². The summed E-state index contributed by atoms with van der Waals surface area (Å²) in [5, 5.41) is 0. The first-order chi connectivity index (χ1) is 8.72. The monoisotopic (exact) mass is 248 g/mol. The van der Waals surface area contributed by atoms with Crippen molar-refractivity contribution in [2.45, 2.75) is 51.9 Å². The van der Waals surface area contributed by atoms with E-state index in [4.69, 9.17) is 4.74 Å². The van der Waals surface area contributed by atoms with Crippen molar-refractivity contribution < 1.29 is 9.53 Å². The number of unbranched alkanes of at least 4 members (excludes halogenated alkanes) is 1. The molecule has 1 aromatic carbocycles. The molecule has 0 fully saturated rings. The molecule has 0 aliphatic carbocycles. The molecule has 0 saturated carbocycles. The summed E-state index contributed by atoms with van der Waals surface area (Å²) in [6.07, 6.45) is 5.27. The summed E-state index contributed by atoms with van der Waals surface area (Å²) < 4.78 is 4.90. The molecule has 18 heavy (non-hydrogen) atoms.